The molecule has 3 fully saturated rings. The lowest BCUT2D eigenvalue weighted by atomic mass is 9.95. The Balaban J connectivity index is 1.39. The van der Waals surface area contributed by atoms with Gasteiger partial charge in [-0.05, 0) is 26.3 Å². The number of carbonyl (C=O) groups is 4. The number of nitrogens with two attached hydrogens (primary N) is 1. The Hall–Kier alpha value is -2.79. The van der Waals surface area contributed by atoms with Gasteiger partial charge in [0, 0.05) is 4.75 Å². The second-order valence-corrected chi connectivity index (χ2v) is 10.3. The number of amides is 2. The summed E-state index contributed by atoms with van der Waals surface area (Å²) in [7, 11) is 0. The highest BCUT2D eigenvalue weighted by Gasteiger charge is 2.64. The van der Waals surface area contributed by atoms with Crippen LogP contribution in [0.2, 0.25) is 0 Å². The smallest absolute Gasteiger partial charge is 0.460 e. The fourth-order valence-electron chi connectivity index (χ4n) is 4.07. The number of nitrogens with zero attached hydrogens (tertiary/aromatic N) is 1. The molecule has 3 heterocycles. The molecule has 6 atom stereocenters. The van der Waals surface area contributed by atoms with Crippen LogP contribution in [-0.4, -0.2) is 69.9 Å². The highest BCUT2D eigenvalue weighted by molar-refractivity contribution is 8.01. The van der Waals surface area contributed by atoms with E-state index in [4.69, 9.17) is 19.9 Å². The summed E-state index contributed by atoms with van der Waals surface area (Å²) in [6.07, 6.45) is -2.04. The molecule has 0 bridgehead atoms. The van der Waals surface area contributed by atoms with E-state index in [1.54, 1.807) is 31.2 Å². The molecule has 3 saturated heterocycles. The van der Waals surface area contributed by atoms with Crippen LogP contribution in [0.1, 0.15) is 32.4 Å². The van der Waals surface area contributed by atoms with Crippen LogP contribution >= 0.6 is 11.8 Å². The molecule has 3 aliphatic rings. The quantitative estimate of drug-likeness (QED) is 0.461. The second-order valence-electron chi connectivity index (χ2n) is 8.49. The van der Waals surface area contributed by atoms with Crippen molar-refractivity contribution in [1.82, 2.24) is 10.2 Å². The van der Waals surface area contributed by atoms with Gasteiger partial charge >= 0.3 is 12.1 Å². The van der Waals surface area contributed by atoms with E-state index in [9.17, 15) is 19.2 Å². The Morgan fingerprint density at radius 1 is 1.25 bits per heavy atom. The maximum atomic E-state index is 12.9. The average molecular weight is 464 g/mol. The molecule has 32 heavy (non-hydrogen) atoms. The van der Waals surface area contributed by atoms with Gasteiger partial charge in [0.05, 0.1) is 0 Å². The molecule has 0 aliphatic carbocycles. The number of cyclic esters (lactones) is 2. The van der Waals surface area contributed by atoms with Gasteiger partial charge in [-0.3, -0.25) is 9.59 Å². The molecular formula is C21H25N3O7S. The van der Waals surface area contributed by atoms with Crippen LogP contribution in [0, 0.1) is 0 Å². The van der Waals surface area contributed by atoms with Crippen molar-refractivity contribution in [3.05, 3.63) is 35.9 Å². The predicted molar refractivity (Wildman–Crippen MR) is 113 cm³/mol. The Morgan fingerprint density at radius 3 is 2.56 bits per heavy atom. The van der Waals surface area contributed by atoms with Crippen molar-refractivity contribution in [2.24, 2.45) is 5.73 Å². The largest absolute Gasteiger partial charge is 0.509 e. The number of β-lactam (4-membered cyclic amide) rings is 1. The van der Waals surface area contributed by atoms with E-state index in [2.05, 4.69) is 5.32 Å². The molecular weight excluding hydrogens is 438 g/mol. The first-order valence-corrected chi connectivity index (χ1v) is 11.1. The zero-order chi connectivity index (χ0) is 23.2. The Kier molecular flexibility index (Phi) is 5.80. The van der Waals surface area contributed by atoms with Crippen LogP contribution in [0.4, 0.5) is 4.79 Å². The Morgan fingerprint density at radius 2 is 1.94 bits per heavy atom. The standard InChI is InChI=1S/C21H25N3O7S/c1-10-12(31-20(28)30-10)9-29-19(27)15-21(2,3)32-18-14(17(26)24(15)18)23-16(25)13(22)11-7-5-4-6-8-11/h4-8,10,12-15,18H,9,22H2,1-3H3,(H,23,25)/t10?,12?,13-,14-,15+,18-/m1/s1. The highest BCUT2D eigenvalue weighted by Crippen LogP contribution is 2.51. The summed E-state index contributed by atoms with van der Waals surface area (Å²) >= 11 is 1.41. The molecule has 11 heteroatoms. The monoisotopic (exact) mass is 463 g/mol. The van der Waals surface area contributed by atoms with Gasteiger partial charge in [-0.15, -0.1) is 11.8 Å². The minimum Gasteiger partial charge on any atom is -0.460 e. The van der Waals surface area contributed by atoms with Crippen molar-refractivity contribution in [1.29, 1.82) is 0 Å². The lowest BCUT2D eigenvalue weighted by Gasteiger charge is -2.44. The minimum absolute atomic E-state index is 0.165. The van der Waals surface area contributed by atoms with Gasteiger partial charge in [0.25, 0.3) is 0 Å². The van der Waals surface area contributed by atoms with Crippen molar-refractivity contribution < 1.29 is 33.4 Å². The molecule has 1 aromatic carbocycles. The van der Waals surface area contributed by atoms with E-state index in [1.165, 1.54) is 16.7 Å². The van der Waals surface area contributed by atoms with Gasteiger partial charge in [0.1, 0.15) is 36.2 Å². The van der Waals surface area contributed by atoms with E-state index in [1.807, 2.05) is 19.9 Å². The first kappa shape index (κ1) is 22.4. The number of esters is 1. The van der Waals surface area contributed by atoms with Crippen LogP contribution < -0.4 is 11.1 Å². The average Bonchev–Trinajstić information content (AvgIpc) is 3.22. The van der Waals surface area contributed by atoms with Gasteiger partial charge < -0.3 is 30.2 Å². The molecule has 1 aromatic rings. The molecule has 172 valence electrons. The van der Waals surface area contributed by atoms with Crippen LogP contribution in [-0.2, 0) is 28.6 Å². The van der Waals surface area contributed by atoms with Gasteiger partial charge in [0.2, 0.25) is 11.8 Å². The van der Waals surface area contributed by atoms with Crippen molar-refractivity contribution in [2.75, 3.05) is 6.61 Å². The first-order chi connectivity index (χ1) is 15.1. The first-order valence-electron chi connectivity index (χ1n) is 10.2. The number of thioether (sulfide) groups is 1. The molecule has 4 rings (SSSR count). The summed E-state index contributed by atoms with van der Waals surface area (Å²) in [5.74, 6) is -1.43. The van der Waals surface area contributed by atoms with Crippen LogP contribution in [0.5, 0.6) is 0 Å². The number of rotatable bonds is 6. The maximum Gasteiger partial charge on any atom is 0.509 e. The Bertz CT molecular complexity index is 941. The van der Waals surface area contributed by atoms with E-state index < -0.39 is 58.5 Å². The molecule has 0 aromatic heterocycles. The highest BCUT2D eigenvalue weighted by atomic mass is 32.2. The van der Waals surface area contributed by atoms with Crippen molar-refractivity contribution in [3.8, 4) is 0 Å². The summed E-state index contributed by atoms with van der Waals surface area (Å²) in [5, 5.41) is 2.31. The predicted octanol–water partition coefficient (Wildman–Crippen LogP) is 0.701. The number of fused-ring (bicyclic) bond motifs is 1. The van der Waals surface area contributed by atoms with Crippen molar-refractivity contribution >= 4 is 35.7 Å². The summed E-state index contributed by atoms with van der Waals surface area (Å²) in [6.45, 7) is 5.15. The third kappa shape index (κ3) is 3.90. The van der Waals surface area contributed by atoms with Gasteiger partial charge in [-0.2, -0.15) is 0 Å². The number of hydrogen-bond donors (Lipinski definition) is 2. The van der Waals surface area contributed by atoms with E-state index >= 15 is 0 Å². The summed E-state index contributed by atoms with van der Waals surface area (Å²) < 4.78 is 14.5. The van der Waals surface area contributed by atoms with Crippen molar-refractivity contribution in [3.63, 3.8) is 0 Å². The van der Waals surface area contributed by atoms with E-state index in [-0.39, 0.29) is 12.5 Å². The summed E-state index contributed by atoms with van der Waals surface area (Å²) in [5.41, 5.74) is 6.67. The molecule has 2 amide bonds. The number of hydrogen-bond acceptors (Lipinski definition) is 9. The molecule has 10 nitrogen and oxygen atoms in total. The molecule has 3 N–H and O–H groups in total. The third-order valence-corrected chi connectivity index (χ3v) is 7.42. The number of benzene rings is 1. The lowest BCUT2D eigenvalue weighted by molar-refractivity contribution is -0.166. The van der Waals surface area contributed by atoms with Crippen LogP contribution in [0.3, 0.4) is 0 Å². The van der Waals surface area contributed by atoms with Crippen LogP contribution in [0.25, 0.3) is 0 Å². The van der Waals surface area contributed by atoms with E-state index in [0.717, 1.165) is 0 Å². The van der Waals surface area contributed by atoms with Gasteiger partial charge in [-0.25, -0.2) is 9.59 Å². The maximum absolute atomic E-state index is 12.9. The fraction of sp³-hybridized carbons (Fsp3) is 0.524. The molecule has 0 radical (unpaired) electrons. The molecule has 0 saturated carbocycles. The zero-order valence-electron chi connectivity index (χ0n) is 17.8. The summed E-state index contributed by atoms with van der Waals surface area (Å²) in [6, 6.07) is 6.35. The Labute approximate surface area is 189 Å². The lowest BCUT2D eigenvalue weighted by Crippen LogP contribution is -2.71. The molecule has 2 unspecified atom stereocenters. The zero-order valence-corrected chi connectivity index (χ0v) is 18.7. The van der Waals surface area contributed by atoms with E-state index in [0.29, 0.717) is 5.56 Å². The number of carbonyl (C=O) groups excluding carboxylic acids is 4. The topological polar surface area (TPSA) is 137 Å². The normalized spacial score (nSPS) is 31.1. The third-order valence-electron chi connectivity index (χ3n) is 5.85. The van der Waals surface area contributed by atoms with Gasteiger partial charge in [0.15, 0.2) is 6.10 Å². The molecule has 0 spiro atoms. The fourth-order valence-corrected chi connectivity index (χ4v) is 5.69. The second kappa shape index (κ2) is 8.28. The molecule has 3 aliphatic heterocycles. The van der Waals surface area contributed by atoms with Crippen LogP contribution in [0.15, 0.2) is 30.3 Å². The number of ether oxygens (including phenoxy) is 3. The number of nitrogens with one attached hydrogen (secondary N) is 1. The minimum atomic E-state index is -0.906. The SMILES string of the molecule is CC1OC(=O)OC1COC(=O)[C@@H]1N2C(=O)[C@@H](NC(=O)[C@H](N)c3ccccc3)[C@H]2SC1(C)C. The summed E-state index contributed by atoms with van der Waals surface area (Å²) in [4.78, 5) is 50.9. The van der Waals surface area contributed by atoms with Crippen molar-refractivity contribution in [2.45, 2.75) is 61.2 Å². The van der Waals surface area contributed by atoms with Gasteiger partial charge in [-0.1, -0.05) is 30.3 Å².